The second-order valence-corrected chi connectivity index (χ2v) is 4.72. The van der Waals surface area contributed by atoms with Crippen LogP contribution >= 0.6 is 0 Å². The highest BCUT2D eigenvalue weighted by atomic mass is 16.6. The van der Waals surface area contributed by atoms with Gasteiger partial charge in [0.1, 0.15) is 5.82 Å². The summed E-state index contributed by atoms with van der Waals surface area (Å²) in [6.45, 7) is 2.05. The zero-order valence-electron chi connectivity index (χ0n) is 11.4. The van der Waals surface area contributed by atoms with Gasteiger partial charge in [-0.2, -0.15) is 10.2 Å². The number of nitrogens with one attached hydrogen (secondary N) is 1. The molecule has 1 aromatic carbocycles. The van der Waals surface area contributed by atoms with Crippen molar-refractivity contribution in [2.24, 2.45) is 0 Å². The number of nitro benzene ring substituents is 1. The quantitative estimate of drug-likeness (QED) is 0.563. The Morgan fingerprint density at radius 3 is 3.00 bits per heavy atom. The monoisotopic (exact) mass is 286 g/mol. The van der Waals surface area contributed by atoms with Gasteiger partial charge in [0.15, 0.2) is 5.65 Å². The van der Waals surface area contributed by atoms with Gasteiger partial charge in [0.05, 0.1) is 21.7 Å². The van der Waals surface area contributed by atoms with Crippen LogP contribution in [0.2, 0.25) is 0 Å². The summed E-state index contributed by atoms with van der Waals surface area (Å²) >= 11 is 0. The van der Waals surface area contributed by atoms with Crippen LogP contribution in [0, 0.1) is 10.1 Å². The molecule has 0 bridgehead atoms. The molecule has 3 rings (SSSR count). The molecule has 0 unspecified atom stereocenters. The number of anilines is 1. The largest absolute Gasteiger partial charge is 0.383 e. The van der Waals surface area contributed by atoms with E-state index in [0.717, 1.165) is 23.9 Å². The molecule has 2 heterocycles. The minimum absolute atomic E-state index is 0.0108. The van der Waals surface area contributed by atoms with Crippen LogP contribution in [-0.2, 0) is 6.42 Å². The van der Waals surface area contributed by atoms with Crippen molar-refractivity contribution in [1.82, 2.24) is 20.0 Å². The summed E-state index contributed by atoms with van der Waals surface area (Å²) in [4.78, 5) is 10.5. The number of nitrogens with zero attached hydrogens (tertiary/aromatic N) is 4. The van der Waals surface area contributed by atoms with E-state index in [4.69, 9.17) is 5.73 Å². The number of hydrogen-bond donors (Lipinski definition) is 2. The number of nitro groups is 1. The molecule has 3 N–H and O–H groups in total. The molecule has 0 aliphatic heterocycles. The molecule has 21 heavy (non-hydrogen) atoms. The number of hydrogen-bond acceptors (Lipinski definition) is 5. The molecular weight excluding hydrogens is 272 g/mol. The molecule has 0 spiro atoms. The average molecular weight is 286 g/mol. The van der Waals surface area contributed by atoms with Gasteiger partial charge in [-0.1, -0.05) is 19.4 Å². The number of rotatable bonds is 4. The van der Waals surface area contributed by atoms with Crippen LogP contribution in [-0.4, -0.2) is 24.9 Å². The number of aromatic amines is 1. The first kappa shape index (κ1) is 13.1. The average Bonchev–Trinajstić information content (AvgIpc) is 3.02. The maximum Gasteiger partial charge on any atom is 0.271 e. The number of nitrogens with two attached hydrogens (primary N) is 1. The highest BCUT2D eigenvalue weighted by molar-refractivity contribution is 5.90. The Hall–Kier alpha value is -2.90. The predicted octanol–water partition coefficient (Wildman–Crippen LogP) is 2.19. The normalized spacial score (nSPS) is 11.1. The molecule has 108 valence electrons. The van der Waals surface area contributed by atoms with E-state index in [-0.39, 0.29) is 5.69 Å². The van der Waals surface area contributed by atoms with Crippen molar-refractivity contribution in [3.63, 3.8) is 0 Å². The Kier molecular flexibility index (Phi) is 3.05. The summed E-state index contributed by atoms with van der Waals surface area (Å²) in [7, 11) is 0. The predicted molar refractivity (Wildman–Crippen MR) is 78.3 cm³/mol. The Morgan fingerprint density at radius 1 is 1.48 bits per heavy atom. The van der Waals surface area contributed by atoms with Crippen LogP contribution < -0.4 is 5.73 Å². The zero-order valence-corrected chi connectivity index (χ0v) is 11.4. The van der Waals surface area contributed by atoms with Gasteiger partial charge in [0.2, 0.25) is 0 Å². The number of benzene rings is 1. The van der Waals surface area contributed by atoms with E-state index in [2.05, 4.69) is 22.2 Å². The SMILES string of the molecule is CCCc1nn(-c2cccc([N+](=O)[O-])c2)c2n[nH]c(N)c12. The maximum atomic E-state index is 10.9. The van der Waals surface area contributed by atoms with Gasteiger partial charge in [0, 0.05) is 12.1 Å². The van der Waals surface area contributed by atoms with E-state index in [9.17, 15) is 10.1 Å². The first-order valence-electron chi connectivity index (χ1n) is 6.58. The molecule has 0 amide bonds. The molecule has 2 aromatic heterocycles. The second kappa shape index (κ2) is 4.89. The third-order valence-corrected chi connectivity index (χ3v) is 3.26. The molecule has 0 fully saturated rings. The molecule has 3 aromatic rings. The molecule has 0 saturated heterocycles. The highest BCUT2D eigenvalue weighted by Gasteiger charge is 2.18. The third kappa shape index (κ3) is 2.10. The van der Waals surface area contributed by atoms with E-state index in [1.54, 1.807) is 16.8 Å². The molecule has 8 nitrogen and oxygen atoms in total. The summed E-state index contributed by atoms with van der Waals surface area (Å²) in [6, 6.07) is 6.28. The number of nitrogen functional groups attached to an aromatic ring is 1. The lowest BCUT2D eigenvalue weighted by molar-refractivity contribution is -0.384. The molecule has 0 aliphatic carbocycles. The minimum Gasteiger partial charge on any atom is -0.383 e. The van der Waals surface area contributed by atoms with Crippen molar-refractivity contribution < 1.29 is 4.92 Å². The van der Waals surface area contributed by atoms with Crippen molar-refractivity contribution in [1.29, 1.82) is 0 Å². The Bertz CT molecular complexity index is 819. The Balaban J connectivity index is 2.20. The molecule has 0 saturated carbocycles. The lowest BCUT2D eigenvalue weighted by atomic mass is 10.2. The number of H-pyrrole nitrogens is 1. The molecular formula is C13H14N6O2. The van der Waals surface area contributed by atoms with Gasteiger partial charge in [-0.15, -0.1) is 0 Å². The first-order valence-corrected chi connectivity index (χ1v) is 6.58. The van der Waals surface area contributed by atoms with Crippen LogP contribution in [0.5, 0.6) is 0 Å². The van der Waals surface area contributed by atoms with Crippen LogP contribution in [0.15, 0.2) is 24.3 Å². The topological polar surface area (TPSA) is 116 Å². The number of aryl methyl sites for hydroxylation is 1. The fraction of sp³-hybridized carbons (Fsp3) is 0.231. The number of fused-ring (bicyclic) bond motifs is 1. The summed E-state index contributed by atoms with van der Waals surface area (Å²) in [5.74, 6) is 0.463. The molecule has 0 atom stereocenters. The molecule has 0 aliphatic rings. The Morgan fingerprint density at radius 2 is 2.29 bits per heavy atom. The van der Waals surface area contributed by atoms with Gasteiger partial charge in [-0.3, -0.25) is 15.2 Å². The highest BCUT2D eigenvalue weighted by Crippen LogP contribution is 2.27. The smallest absolute Gasteiger partial charge is 0.271 e. The molecule has 8 heteroatoms. The summed E-state index contributed by atoms with van der Waals surface area (Å²) < 4.78 is 1.58. The van der Waals surface area contributed by atoms with E-state index in [1.807, 2.05) is 0 Å². The van der Waals surface area contributed by atoms with Gasteiger partial charge in [-0.05, 0) is 12.5 Å². The fourth-order valence-corrected chi connectivity index (χ4v) is 2.33. The maximum absolute atomic E-state index is 10.9. The van der Waals surface area contributed by atoms with Crippen molar-refractivity contribution in [3.05, 3.63) is 40.1 Å². The van der Waals surface area contributed by atoms with Gasteiger partial charge < -0.3 is 5.73 Å². The first-order chi connectivity index (χ1) is 10.1. The van der Waals surface area contributed by atoms with Crippen LogP contribution in [0.4, 0.5) is 11.5 Å². The number of non-ortho nitro benzene ring substituents is 1. The van der Waals surface area contributed by atoms with E-state index >= 15 is 0 Å². The van der Waals surface area contributed by atoms with Gasteiger partial charge in [0.25, 0.3) is 5.69 Å². The van der Waals surface area contributed by atoms with E-state index in [1.165, 1.54) is 12.1 Å². The van der Waals surface area contributed by atoms with Crippen molar-refractivity contribution in [2.75, 3.05) is 5.73 Å². The third-order valence-electron chi connectivity index (χ3n) is 3.26. The lowest BCUT2D eigenvalue weighted by Crippen LogP contribution is -2.00. The van der Waals surface area contributed by atoms with Gasteiger partial charge >= 0.3 is 0 Å². The fourth-order valence-electron chi connectivity index (χ4n) is 2.33. The summed E-state index contributed by atoms with van der Waals surface area (Å²) in [5, 5.41) is 23.1. The van der Waals surface area contributed by atoms with E-state index < -0.39 is 4.92 Å². The van der Waals surface area contributed by atoms with Crippen molar-refractivity contribution in [2.45, 2.75) is 19.8 Å². The van der Waals surface area contributed by atoms with Crippen LogP contribution in [0.3, 0.4) is 0 Å². The Labute approximate surface area is 119 Å². The zero-order chi connectivity index (χ0) is 15.0. The van der Waals surface area contributed by atoms with Crippen molar-refractivity contribution in [3.8, 4) is 5.69 Å². The standard InChI is InChI=1S/C13H14N6O2/c1-2-4-10-11-12(14)15-16-13(11)18(17-10)8-5-3-6-9(7-8)19(20)21/h3,5-7H,2,4H2,1H3,(H3,14,15,16). The van der Waals surface area contributed by atoms with Crippen LogP contribution in [0.25, 0.3) is 16.7 Å². The van der Waals surface area contributed by atoms with Crippen LogP contribution in [0.1, 0.15) is 19.0 Å². The van der Waals surface area contributed by atoms with Crippen molar-refractivity contribution >= 4 is 22.5 Å². The minimum atomic E-state index is -0.434. The lowest BCUT2D eigenvalue weighted by Gasteiger charge is -2.01. The summed E-state index contributed by atoms with van der Waals surface area (Å²) in [6.07, 6.45) is 1.69. The molecule has 0 radical (unpaired) electrons. The number of aromatic nitrogens is 4. The van der Waals surface area contributed by atoms with Gasteiger partial charge in [-0.25, -0.2) is 4.68 Å². The van der Waals surface area contributed by atoms with E-state index in [0.29, 0.717) is 17.2 Å². The summed E-state index contributed by atoms with van der Waals surface area (Å²) in [5.41, 5.74) is 7.91. The second-order valence-electron chi connectivity index (χ2n) is 4.72.